The van der Waals surface area contributed by atoms with Crippen LogP contribution in [-0.2, 0) is 0 Å². The standard InChI is InChI=1S/C18H33N/c1-16(2)9-7-14(8-10-16)19-15-17(3,4)13-6-11-18(15,5)12-13/h13-15,19H,6-12H2,1-5H3/t13-,15?,18+/m0/s1. The van der Waals surface area contributed by atoms with Crippen molar-refractivity contribution in [3.63, 3.8) is 0 Å². The molecule has 0 spiro atoms. The lowest BCUT2D eigenvalue weighted by Crippen LogP contribution is -2.54. The van der Waals surface area contributed by atoms with Gasteiger partial charge in [0.2, 0.25) is 0 Å². The minimum atomic E-state index is 0.514. The van der Waals surface area contributed by atoms with Crippen LogP contribution in [0.4, 0.5) is 0 Å². The molecule has 3 fully saturated rings. The fourth-order valence-electron chi connectivity index (χ4n) is 5.52. The van der Waals surface area contributed by atoms with Crippen molar-refractivity contribution in [2.75, 3.05) is 0 Å². The molecular formula is C18H33N. The van der Waals surface area contributed by atoms with Gasteiger partial charge in [0.15, 0.2) is 0 Å². The van der Waals surface area contributed by atoms with E-state index in [4.69, 9.17) is 0 Å². The second kappa shape index (κ2) is 4.23. The topological polar surface area (TPSA) is 12.0 Å². The SMILES string of the molecule is CC1(C)CCC(NC2C(C)(C)[C@H]3CC[C@]2(C)C3)CC1. The van der Waals surface area contributed by atoms with Crippen LogP contribution in [0.15, 0.2) is 0 Å². The Bertz CT molecular complexity index is 342. The molecule has 1 heteroatoms. The summed E-state index contributed by atoms with van der Waals surface area (Å²) in [5.41, 5.74) is 1.69. The van der Waals surface area contributed by atoms with Crippen LogP contribution in [0.5, 0.6) is 0 Å². The van der Waals surface area contributed by atoms with E-state index in [-0.39, 0.29) is 0 Å². The Morgan fingerprint density at radius 2 is 1.47 bits per heavy atom. The van der Waals surface area contributed by atoms with E-state index in [0.29, 0.717) is 16.2 Å². The Morgan fingerprint density at radius 3 is 2.00 bits per heavy atom. The molecule has 3 aliphatic carbocycles. The zero-order chi connectivity index (χ0) is 13.9. The lowest BCUT2D eigenvalue weighted by molar-refractivity contribution is 0.0828. The normalized spacial score (nSPS) is 44.7. The first-order valence-corrected chi connectivity index (χ1v) is 8.49. The summed E-state index contributed by atoms with van der Waals surface area (Å²) < 4.78 is 0. The van der Waals surface area contributed by atoms with Crippen molar-refractivity contribution in [2.45, 2.75) is 91.6 Å². The molecule has 19 heavy (non-hydrogen) atoms. The van der Waals surface area contributed by atoms with Gasteiger partial charge in [-0.25, -0.2) is 0 Å². The van der Waals surface area contributed by atoms with Gasteiger partial charge in [-0.1, -0.05) is 34.6 Å². The van der Waals surface area contributed by atoms with Crippen molar-refractivity contribution in [1.29, 1.82) is 0 Å². The summed E-state index contributed by atoms with van der Waals surface area (Å²) in [6.45, 7) is 12.5. The highest BCUT2D eigenvalue weighted by Gasteiger charge is 2.59. The maximum Gasteiger partial charge on any atom is 0.0177 e. The quantitative estimate of drug-likeness (QED) is 0.757. The first-order chi connectivity index (χ1) is 8.73. The summed E-state index contributed by atoms with van der Waals surface area (Å²) in [6.07, 6.45) is 9.98. The molecular weight excluding hydrogens is 230 g/mol. The highest BCUT2D eigenvalue weighted by atomic mass is 15.0. The van der Waals surface area contributed by atoms with Gasteiger partial charge < -0.3 is 5.32 Å². The highest BCUT2D eigenvalue weighted by Crippen LogP contribution is 2.62. The number of nitrogens with one attached hydrogen (secondary N) is 1. The smallest absolute Gasteiger partial charge is 0.0177 e. The molecule has 1 nitrogen and oxygen atoms in total. The predicted octanol–water partition coefficient (Wildman–Crippen LogP) is 4.76. The fourth-order valence-corrected chi connectivity index (χ4v) is 5.52. The van der Waals surface area contributed by atoms with Crippen molar-refractivity contribution < 1.29 is 0 Å². The molecule has 1 unspecified atom stereocenters. The van der Waals surface area contributed by atoms with Crippen LogP contribution in [0.3, 0.4) is 0 Å². The van der Waals surface area contributed by atoms with Gasteiger partial charge in [0, 0.05) is 12.1 Å². The van der Waals surface area contributed by atoms with Crippen molar-refractivity contribution >= 4 is 0 Å². The molecule has 0 heterocycles. The monoisotopic (exact) mass is 263 g/mol. The predicted molar refractivity (Wildman–Crippen MR) is 82.2 cm³/mol. The first kappa shape index (κ1) is 13.9. The molecule has 0 radical (unpaired) electrons. The van der Waals surface area contributed by atoms with Crippen LogP contribution >= 0.6 is 0 Å². The third-order valence-electron chi connectivity index (χ3n) is 7.01. The van der Waals surface area contributed by atoms with Crippen LogP contribution in [0, 0.1) is 22.2 Å². The highest BCUT2D eigenvalue weighted by molar-refractivity contribution is 5.12. The van der Waals surface area contributed by atoms with Gasteiger partial charge in [0.05, 0.1) is 0 Å². The zero-order valence-electron chi connectivity index (χ0n) is 13.7. The Balaban J connectivity index is 1.67. The molecule has 1 N–H and O–H groups in total. The van der Waals surface area contributed by atoms with E-state index < -0.39 is 0 Å². The average Bonchev–Trinajstić information content (AvgIpc) is 2.77. The van der Waals surface area contributed by atoms with Gasteiger partial charge in [-0.3, -0.25) is 0 Å². The summed E-state index contributed by atoms with van der Waals surface area (Å²) in [6, 6.07) is 1.54. The summed E-state index contributed by atoms with van der Waals surface area (Å²) in [5, 5.41) is 4.12. The second-order valence-electron chi connectivity index (χ2n) is 9.45. The van der Waals surface area contributed by atoms with Gasteiger partial charge in [-0.2, -0.15) is 0 Å². The molecule has 3 atom stereocenters. The molecule has 3 rings (SSSR count). The lowest BCUT2D eigenvalue weighted by atomic mass is 9.67. The van der Waals surface area contributed by atoms with E-state index >= 15 is 0 Å². The van der Waals surface area contributed by atoms with Crippen LogP contribution in [-0.4, -0.2) is 12.1 Å². The largest absolute Gasteiger partial charge is 0.310 e. The Morgan fingerprint density at radius 1 is 0.842 bits per heavy atom. The van der Waals surface area contributed by atoms with Crippen molar-refractivity contribution in [3.05, 3.63) is 0 Å². The van der Waals surface area contributed by atoms with Crippen LogP contribution in [0.1, 0.15) is 79.6 Å². The van der Waals surface area contributed by atoms with Gasteiger partial charge in [0.1, 0.15) is 0 Å². The molecule has 0 aliphatic heterocycles. The molecule has 2 bridgehead atoms. The Hall–Kier alpha value is -0.0400. The summed E-state index contributed by atoms with van der Waals surface area (Å²) in [4.78, 5) is 0. The van der Waals surface area contributed by atoms with Crippen molar-refractivity contribution in [1.82, 2.24) is 5.32 Å². The molecule has 3 saturated carbocycles. The summed E-state index contributed by atoms with van der Waals surface area (Å²) in [7, 11) is 0. The molecule has 3 aliphatic rings. The van der Waals surface area contributed by atoms with E-state index in [1.807, 2.05) is 0 Å². The molecule has 0 amide bonds. The van der Waals surface area contributed by atoms with Crippen molar-refractivity contribution in [3.8, 4) is 0 Å². The summed E-state index contributed by atoms with van der Waals surface area (Å²) >= 11 is 0. The zero-order valence-corrected chi connectivity index (χ0v) is 13.7. The van der Waals surface area contributed by atoms with Gasteiger partial charge >= 0.3 is 0 Å². The first-order valence-electron chi connectivity index (χ1n) is 8.49. The Labute approximate surface area is 119 Å². The van der Waals surface area contributed by atoms with Crippen LogP contribution < -0.4 is 5.32 Å². The third kappa shape index (κ3) is 2.26. The maximum atomic E-state index is 4.12. The average molecular weight is 263 g/mol. The maximum absolute atomic E-state index is 4.12. The minimum absolute atomic E-state index is 0.514. The fraction of sp³-hybridized carbons (Fsp3) is 1.00. The van der Waals surface area contributed by atoms with Gasteiger partial charge in [-0.05, 0) is 67.1 Å². The molecule has 0 aromatic carbocycles. The summed E-state index contributed by atoms with van der Waals surface area (Å²) in [5.74, 6) is 0.968. The Kier molecular flexibility index (Phi) is 3.10. The number of rotatable bonds is 2. The van der Waals surface area contributed by atoms with E-state index in [1.165, 1.54) is 44.9 Å². The second-order valence-corrected chi connectivity index (χ2v) is 9.45. The van der Waals surface area contributed by atoms with Gasteiger partial charge in [0.25, 0.3) is 0 Å². The van der Waals surface area contributed by atoms with Gasteiger partial charge in [-0.15, -0.1) is 0 Å². The molecule has 110 valence electrons. The minimum Gasteiger partial charge on any atom is -0.310 e. The van der Waals surface area contributed by atoms with E-state index in [0.717, 1.165) is 18.0 Å². The number of hydrogen-bond donors (Lipinski definition) is 1. The van der Waals surface area contributed by atoms with E-state index in [2.05, 4.69) is 39.9 Å². The molecule has 0 aromatic rings. The van der Waals surface area contributed by atoms with E-state index in [9.17, 15) is 0 Å². The molecule has 0 aromatic heterocycles. The number of fused-ring (bicyclic) bond motifs is 2. The van der Waals surface area contributed by atoms with Crippen LogP contribution in [0.2, 0.25) is 0 Å². The van der Waals surface area contributed by atoms with Crippen molar-refractivity contribution in [2.24, 2.45) is 22.2 Å². The van der Waals surface area contributed by atoms with Crippen LogP contribution in [0.25, 0.3) is 0 Å². The third-order valence-corrected chi connectivity index (χ3v) is 7.01. The number of hydrogen-bond acceptors (Lipinski definition) is 1. The lowest BCUT2D eigenvalue weighted by Gasteiger charge is -2.46. The molecule has 0 saturated heterocycles. The van der Waals surface area contributed by atoms with E-state index in [1.54, 1.807) is 0 Å².